The van der Waals surface area contributed by atoms with Gasteiger partial charge in [0, 0.05) is 6.42 Å². The molecule has 6 nitrogen and oxygen atoms in total. The number of carbonyl (C=O) groups excluding carboxylic acids is 1. The molecule has 0 radical (unpaired) electrons. The predicted molar refractivity (Wildman–Crippen MR) is 94.5 cm³/mol. The fourth-order valence-corrected chi connectivity index (χ4v) is 4.48. The van der Waals surface area contributed by atoms with Gasteiger partial charge in [0.05, 0.1) is 15.6 Å². The predicted octanol–water partition coefficient (Wildman–Crippen LogP) is 5.05. The molecule has 1 aromatic carbocycles. The van der Waals surface area contributed by atoms with E-state index in [0.29, 0.717) is 4.68 Å². The van der Waals surface area contributed by atoms with Crippen LogP contribution in [0, 0.1) is 11.3 Å². The topological polar surface area (TPSA) is 111 Å². The molecule has 1 saturated carbocycles. The van der Waals surface area contributed by atoms with Crippen LogP contribution in [0.3, 0.4) is 0 Å². The largest absolute Gasteiger partial charge is 0.383 e. The van der Waals surface area contributed by atoms with Crippen LogP contribution in [0.15, 0.2) is 17.0 Å². The van der Waals surface area contributed by atoms with Gasteiger partial charge >= 0.3 is 10.2 Å². The first kappa shape index (κ1) is 22.3. The minimum atomic E-state index is -10.2. The van der Waals surface area contributed by atoms with E-state index in [0.717, 1.165) is 0 Å². The van der Waals surface area contributed by atoms with Gasteiger partial charge < -0.3 is 11.5 Å². The number of amides is 1. The Kier molecular flexibility index (Phi) is 4.06. The van der Waals surface area contributed by atoms with E-state index in [1.54, 1.807) is 0 Å². The summed E-state index contributed by atoms with van der Waals surface area (Å²) < 4.78 is 93.5. The minimum absolute atomic E-state index is 0.146. The lowest BCUT2D eigenvalue weighted by Crippen LogP contribution is -2.35. The Balaban J connectivity index is 2.30. The number of nitriles is 1. The van der Waals surface area contributed by atoms with Gasteiger partial charge in [0.2, 0.25) is 5.91 Å². The van der Waals surface area contributed by atoms with E-state index in [4.69, 9.17) is 34.7 Å². The van der Waals surface area contributed by atoms with Crippen molar-refractivity contribution in [3.63, 3.8) is 0 Å². The fourth-order valence-electron chi connectivity index (χ4n) is 3.02. The smallest absolute Gasteiger partial charge is 0.310 e. The molecule has 1 atom stereocenters. The molecular formula is C14H8Cl2F7N5OS. The second kappa shape index (κ2) is 5.45. The van der Waals surface area contributed by atoms with Gasteiger partial charge in [-0.05, 0) is 12.1 Å². The molecule has 2 aromatic rings. The van der Waals surface area contributed by atoms with E-state index in [9.17, 15) is 38.3 Å². The Bertz CT molecular complexity index is 1150. The number of anilines is 1. The number of primary amides is 1. The first-order valence-corrected chi connectivity index (χ1v) is 10.2. The minimum Gasteiger partial charge on any atom is -0.383 e. The zero-order chi connectivity index (χ0) is 23.1. The lowest BCUT2D eigenvalue weighted by atomic mass is 9.94. The maximum absolute atomic E-state index is 14.0. The third-order valence-electron chi connectivity index (χ3n) is 4.51. The van der Waals surface area contributed by atoms with Gasteiger partial charge in [0.15, 0.2) is 5.69 Å². The highest BCUT2D eigenvalue weighted by Crippen LogP contribution is 3.02. The van der Waals surface area contributed by atoms with Crippen LogP contribution in [0.25, 0.3) is 5.69 Å². The van der Waals surface area contributed by atoms with E-state index in [1.165, 1.54) is 6.07 Å². The first-order valence-electron chi connectivity index (χ1n) is 7.47. The third-order valence-corrected chi connectivity index (χ3v) is 6.21. The maximum atomic E-state index is 14.0. The van der Waals surface area contributed by atoms with Gasteiger partial charge in [-0.3, -0.25) is 4.79 Å². The zero-order valence-corrected chi connectivity index (χ0v) is 16.4. The number of halogens is 9. The van der Waals surface area contributed by atoms with Gasteiger partial charge in [-0.2, -0.15) is 10.4 Å². The van der Waals surface area contributed by atoms with Gasteiger partial charge in [0.1, 0.15) is 27.9 Å². The van der Waals surface area contributed by atoms with Crippen LogP contribution < -0.4 is 11.5 Å². The van der Waals surface area contributed by atoms with Crippen LogP contribution in [0.1, 0.15) is 17.7 Å². The molecule has 0 spiro atoms. The molecule has 1 fully saturated rings. The van der Waals surface area contributed by atoms with Crippen molar-refractivity contribution in [1.82, 2.24) is 9.78 Å². The first-order chi connectivity index (χ1) is 13.3. The van der Waals surface area contributed by atoms with Gasteiger partial charge in [-0.15, -0.1) is 0 Å². The zero-order valence-electron chi connectivity index (χ0n) is 14.1. The number of nitrogens with two attached hydrogens (primary N) is 2. The number of hydrogen-bond acceptors (Lipinski definition) is 4. The second-order valence-corrected chi connectivity index (χ2v) is 9.71. The summed E-state index contributed by atoms with van der Waals surface area (Å²) in [6.45, 7) is 0. The van der Waals surface area contributed by atoms with Crippen molar-refractivity contribution in [1.29, 1.82) is 5.26 Å². The molecule has 0 aliphatic heterocycles. The number of rotatable bonds is 4. The van der Waals surface area contributed by atoms with Gasteiger partial charge in [-0.1, -0.05) is 42.6 Å². The summed E-state index contributed by atoms with van der Waals surface area (Å²) in [6, 6.07) is 1.13. The molecule has 1 heterocycles. The summed E-state index contributed by atoms with van der Waals surface area (Å²) in [4.78, 5) is 9.29. The van der Waals surface area contributed by atoms with Crippen LogP contribution in [0.4, 0.5) is 34.0 Å². The molecule has 30 heavy (non-hydrogen) atoms. The quantitative estimate of drug-likeness (QED) is 0.575. The lowest BCUT2D eigenvalue weighted by Gasteiger charge is -2.40. The molecule has 1 aliphatic rings. The fraction of sp³-hybridized carbons (Fsp3) is 0.214. The van der Waals surface area contributed by atoms with Crippen molar-refractivity contribution >= 4 is 45.2 Å². The van der Waals surface area contributed by atoms with E-state index in [1.807, 2.05) is 0 Å². The maximum Gasteiger partial charge on any atom is 0.310 e. The third kappa shape index (κ3) is 3.12. The molecule has 1 aromatic heterocycles. The van der Waals surface area contributed by atoms with Crippen LogP contribution in [-0.4, -0.2) is 21.6 Å². The highest BCUT2D eigenvalue weighted by molar-refractivity contribution is 8.45. The summed E-state index contributed by atoms with van der Waals surface area (Å²) in [5.74, 6) is -6.00. The van der Waals surface area contributed by atoms with Gasteiger partial charge in [0.25, 0.3) is 5.92 Å². The summed E-state index contributed by atoms with van der Waals surface area (Å²) in [5, 5.41) is 10.7. The van der Waals surface area contributed by atoms with Crippen molar-refractivity contribution in [2.75, 3.05) is 5.73 Å². The Hall–Kier alpha value is -2.37. The number of aromatic nitrogens is 2. The van der Waals surface area contributed by atoms with Crippen LogP contribution in [0.5, 0.6) is 0 Å². The van der Waals surface area contributed by atoms with Gasteiger partial charge in [-0.25, -0.2) is 13.5 Å². The van der Waals surface area contributed by atoms with Crippen molar-refractivity contribution in [2.24, 2.45) is 5.73 Å². The monoisotopic (exact) mass is 497 g/mol. The highest BCUT2D eigenvalue weighted by Gasteiger charge is 2.78. The number of alkyl halides is 2. The summed E-state index contributed by atoms with van der Waals surface area (Å²) in [7, 11) is -10.2. The average molecular weight is 498 g/mol. The van der Waals surface area contributed by atoms with Crippen molar-refractivity contribution < 1.29 is 33.0 Å². The highest BCUT2D eigenvalue weighted by atomic mass is 35.5. The summed E-state index contributed by atoms with van der Waals surface area (Å²) in [5.41, 5.74) is 5.85. The number of benzene rings is 1. The van der Waals surface area contributed by atoms with Crippen molar-refractivity contribution in [3.8, 4) is 11.8 Å². The normalized spacial score (nSPS) is 22.7. The Morgan fingerprint density at radius 1 is 1.20 bits per heavy atom. The van der Waals surface area contributed by atoms with Crippen molar-refractivity contribution in [3.05, 3.63) is 33.4 Å². The van der Waals surface area contributed by atoms with Crippen LogP contribution in [-0.2, 0) is 10.2 Å². The van der Waals surface area contributed by atoms with E-state index >= 15 is 0 Å². The molecule has 1 unspecified atom stereocenters. The van der Waals surface area contributed by atoms with Crippen LogP contribution >= 0.6 is 33.4 Å². The number of nitrogens with zero attached hydrogens (tertiary/aromatic N) is 3. The Morgan fingerprint density at radius 3 is 2.00 bits per heavy atom. The molecule has 164 valence electrons. The molecule has 3 rings (SSSR count). The standard InChI is InChI=1S/C14H8Cl2F7N5OS/c15-6-1-5(30(19,20,21,22)23)2-7(16)10(6)28-11(25)9(8(3-24)27-28)13(12(26)29)4-14(13,17)18/h1-2H,4,25H2,(H2,26,29). The second-order valence-electron chi connectivity index (χ2n) is 6.49. The van der Waals surface area contributed by atoms with E-state index in [2.05, 4.69) is 5.10 Å². The molecule has 16 heteroatoms. The van der Waals surface area contributed by atoms with E-state index in [-0.39, 0.29) is 12.1 Å². The summed E-state index contributed by atoms with van der Waals surface area (Å²) in [6.07, 6.45) is -1.09. The number of hydrogen-bond donors (Lipinski definition) is 2. The van der Waals surface area contributed by atoms with Crippen LogP contribution in [0.2, 0.25) is 10.0 Å². The number of carbonyl (C=O) groups is 1. The Morgan fingerprint density at radius 2 is 1.67 bits per heavy atom. The molecule has 1 amide bonds. The van der Waals surface area contributed by atoms with E-state index < -0.39 is 71.6 Å². The molecular weight excluding hydrogens is 490 g/mol. The number of nitrogen functional groups attached to an aromatic ring is 1. The molecule has 0 saturated heterocycles. The molecule has 1 aliphatic carbocycles. The summed E-state index contributed by atoms with van der Waals surface area (Å²) >= 11 is 11.4. The average Bonchev–Trinajstić information content (AvgIpc) is 2.97. The molecule has 0 bridgehead atoms. The lowest BCUT2D eigenvalue weighted by molar-refractivity contribution is -0.122. The molecule has 4 N–H and O–H groups in total. The van der Waals surface area contributed by atoms with Crippen molar-refractivity contribution in [2.45, 2.75) is 22.7 Å². The Labute approximate surface area is 172 Å². The SMILES string of the molecule is N#Cc1nn(-c2c(Cl)cc(S(F)(F)(F)(F)F)cc2Cl)c(N)c1C1(C(N)=O)CC1(F)F.